The van der Waals surface area contributed by atoms with Crippen molar-refractivity contribution in [3.63, 3.8) is 0 Å². The maximum Gasteiger partial charge on any atom is 0.244 e. The van der Waals surface area contributed by atoms with Crippen molar-refractivity contribution in [3.8, 4) is 5.75 Å². The third kappa shape index (κ3) is 4.31. The smallest absolute Gasteiger partial charge is 0.244 e. The van der Waals surface area contributed by atoms with Gasteiger partial charge in [0.1, 0.15) is 10.4 Å². The minimum atomic E-state index is -4.00. The van der Waals surface area contributed by atoms with Crippen molar-refractivity contribution in [2.75, 3.05) is 6.54 Å². The maximum atomic E-state index is 12.7. The molecule has 3 rings (SSSR count). The van der Waals surface area contributed by atoms with E-state index in [1.54, 1.807) is 37.3 Å². The van der Waals surface area contributed by atoms with E-state index in [9.17, 15) is 13.5 Å². The Kier molecular flexibility index (Phi) is 5.84. The molecule has 5 nitrogen and oxygen atoms in total. The molecule has 9 heteroatoms. The minimum absolute atomic E-state index is 0.0834. The summed E-state index contributed by atoms with van der Waals surface area (Å²) in [7, 11) is -4.00. The second kappa shape index (κ2) is 7.81. The number of nitrogens with zero attached hydrogens (tertiary/aromatic N) is 1. The molecule has 2 N–H and O–H groups in total. The number of aryl methyl sites for hydroxylation is 1. The van der Waals surface area contributed by atoms with Crippen LogP contribution in [0.15, 0.2) is 41.3 Å². The van der Waals surface area contributed by atoms with Crippen LogP contribution in [0, 0.1) is 6.92 Å². The predicted molar refractivity (Wildman–Crippen MR) is 109 cm³/mol. The molecule has 0 aliphatic carbocycles. The van der Waals surface area contributed by atoms with Gasteiger partial charge in [-0.3, -0.25) is 0 Å². The van der Waals surface area contributed by atoms with Crippen LogP contribution in [-0.4, -0.2) is 25.1 Å². The second-order valence-electron chi connectivity index (χ2n) is 5.94. The van der Waals surface area contributed by atoms with Crippen molar-refractivity contribution < 1.29 is 13.5 Å². The SMILES string of the molecule is Cc1ccc2c(Cl)cc(S(=O)(=O)NCCc3ccc(Cl)cc3Cl)c(O)c2n1. The number of nitrogens with one attached hydrogen (secondary N) is 1. The first kappa shape index (κ1) is 20.2. The topological polar surface area (TPSA) is 79.3 Å². The van der Waals surface area contributed by atoms with Crippen molar-refractivity contribution in [1.82, 2.24) is 9.71 Å². The Morgan fingerprint density at radius 1 is 1.07 bits per heavy atom. The molecule has 0 aliphatic heterocycles. The van der Waals surface area contributed by atoms with Gasteiger partial charge in [-0.25, -0.2) is 18.1 Å². The van der Waals surface area contributed by atoms with Gasteiger partial charge in [-0.05, 0) is 49.2 Å². The van der Waals surface area contributed by atoms with E-state index in [-0.39, 0.29) is 22.0 Å². The van der Waals surface area contributed by atoms with Gasteiger partial charge in [-0.15, -0.1) is 0 Å². The normalized spacial score (nSPS) is 11.9. The van der Waals surface area contributed by atoms with Crippen LogP contribution in [0.3, 0.4) is 0 Å². The number of hydrogen-bond acceptors (Lipinski definition) is 4. The number of aromatic hydroxyl groups is 1. The van der Waals surface area contributed by atoms with Gasteiger partial charge in [0.15, 0.2) is 5.75 Å². The maximum absolute atomic E-state index is 12.7. The molecule has 0 fully saturated rings. The van der Waals surface area contributed by atoms with Crippen LogP contribution in [-0.2, 0) is 16.4 Å². The summed E-state index contributed by atoms with van der Waals surface area (Å²) >= 11 is 18.1. The Hall–Kier alpha value is -1.57. The summed E-state index contributed by atoms with van der Waals surface area (Å²) in [5.41, 5.74) is 1.53. The van der Waals surface area contributed by atoms with E-state index in [4.69, 9.17) is 34.8 Å². The average Bonchev–Trinajstić information content (AvgIpc) is 2.59. The Labute approximate surface area is 171 Å². The summed E-state index contributed by atoms with van der Waals surface area (Å²) in [6.07, 6.45) is 0.356. The zero-order valence-electron chi connectivity index (χ0n) is 14.1. The van der Waals surface area contributed by atoms with Crippen LogP contribution in [0.1, 0.15) is 11.3 Å². The summed E-state index contributed by atoms with van der Waals surface area (Å²) in [5.74, 6) is -0.435. The highest BCUT2D eigenvalue weighted by Crippen LogP contribution is 2.35. The first-order chi connectivity index (χ1) is 12.7. The lowest BCUT2D eigenvalue weighted by Crippen LogP contribution is -2.26. The van der Waals surface area contributed by atoms with Crippen molar-refractivity contribution in [1.29, 1.82) is 0 Å². The van der Waals surface area contributed by atoms with E-state index < -0.39 is 15.8 Å². The Balaban J connectivity index is 1.87. The van der Waals surface area contributed by atoms with Crippen LogP contribution in [0.2, 0.25) is 15.1 Å². The molecule has 0 bridgehead atoms. The molecular weight excluding hydrogens is 431 g/mol. The highest BCUT2D eigenvalue weighted by atomic mass is 35.5. The first-order valence-corrected chi connectivity index (χ1v) is 10.5. The molecular formula is C18H15Cl3N2O3S. The third-order valence-corrected chi connectivity index (χ3v) is 6.37. The predicted octanol–water partition coefficient (Wildman–Crippen LogP) is 4.73. The van der Waals surface area contributed by atoms with Gasteiger partial charge in [0.05, 0.1) is 5.02 Å². The Morgan fingerprint density at radius 2 is 1.81 bits per heavy atom. The number of phenolic OH excluding ortho intramolecular Hbond substituents is 1. The Bertz CT molecular complexity index is 1130. The molecule has 1 heterocycles. The molecule has 1 aromatic heterocycles. The van der Waals surface area contributed by atoms with Crippen LogP contribution < -0.4 is 4.72 Å². The lowest BCUT2D eigenvalue weighted by molar-refractivity contribution is 0.463. The summed E-state index contributed by atoms with van der Waals surface area (Å²) < 4.78 is 27.8. The molecule has 3 aromatic rings. The van der Waals surface area contributed by atoms with Gasteiger partial charge in [0.2, 0.25) is 10.0 Å². The van der Waals surface area contributed by atoms with Gasteiger partial charge >= 0.3 is 0 Å². The zero-order chi connectivity index (χ0) is 19.8. The minimum Gasteiger partial charge on any atom is -0.504 e. The van der Waals surface area contributed by atoms with Crippen LogP contribution in [0.4, 0.5) is 0 Å². The number of aromatic nitrogens is 1. The molecule has 0 atom stereocenters. The monoisotopic (exact) mass is 444 g/mol. The molecule has 27 heavy (non-hydrogen) atoms. The molecule has 0 saturated heterocycles. The van der Waals surface area contributed by atoms with Crippen LogP contribution in [0.25, 0.3) is 10.9 Å². The van der Waals surface area contributed by atoms with E-state index in [1.165, 1.54) is 6.07 Å². The van der Waals surface area contributed by atoms with Gasteiger partial charge in [-0.2, -0.15) is 0 Å². The largest absolute Gasteiger partial charge is 0.504 e. The third-order valence-electron chi connectivity index (χ3n) is 4.00. The van der Waals surface area contributed by atoms with Crippen molar-refractivity contribution >= 4 is 55.7 Å². The fraction of sp³-hybridized carbons (Fsp3) is 0.167. The highest BCUT2D eigenvalue weighted by molar-refractivity contribution is 7.89. The number of benzene rings is 2. The van der Waals surface area contributed by atoms with E-state index in [2.05, 4.69) is 9.71 Å². The van der Waals surface area contributed by atoms with Crippen molar-refractivity contribution in [2.24, 2.45) is 0 Å². The second-order valence-corrected chi connectivity index (χ2v) is 8.92. The van der Waals surface area contributed by atoms with Gasteiger partial charge < -0.3 is 5.11 Å². The lowest BCUT2D eigenvalue weighted by atomic mass is 10.1. The first-order valence-electron chi connectivity index (χ1n) is 7.91. The number of phenols is 1. The number of fused-ring (bicyclic) bond motifs is 1. The lowest BCUT2D eigenvalue weighted by Gasteiger charge is -2.12. The fourth-order valence-electron chi connectivity index (χ4n) is 2.63. The van der Waals surface area contributed by atoms with Crippen molar-refractivity contribution in [3.05, 3.63) is 62.7 Å². The number of hydrogen-bond donors (Lipinski definition) is 2. The molecule has 0 aliphatic rings. The average molecular weight is 446 g/mol. The highest BCUT2D eigenvalue weighted by Gasteiger charge is 2.23. The quantitative estimate of drug-likeness (QED) is 0.595. The van der Waals surface area contributed by atoms with Gasteiger partial charge in [0, 0.05) is 27.7 Å². The van der Waals surface area contributed by atoms with Gasteiger partial charge in [-0.1, -0.05) is 40.9 Å². The molecule has 0 radical (unpaired) electrons. The summed E-state index contributed by atoms with van der Waals surface area (Å²) in [6, 6.07) is 9.64. The van der Waals surface area contributed by atoms with E-state index in [0.717, 1.165) is 5.56 Å². The van der Waals surface area contributed by atoms with E-state index in [0.29, 0.717) is 27.5 Å². The zero-order valence-corrected chi connectivity index (χ0v) is 17.2. The summed E-state index contributed by atoms with van der Waals surface area (Å²) in [6.45, 7) is 1.82. The van der Waals surface area contributed by atoms with E-state index >= 15 is 0 Å². The molecule has 0 saturated carbocycles. The number of rotatable bonds is 5. The summed E-state index contributed by atoms with van der Waals surface area (Å²) in [5, 5.41) is 12.1. The fourth-order valence-corrected chi connectivity index (χ4v) is 4.61. The number of sulfonamides is 1. The number of pyridine rings is 1. The van der Waals surface area contributed by atoms with Crippen LogP contribution >= 0.6 is 34.8 Å². The Morgan fingerprint density at radius 3 is 2.52 bits per heavy atom. The molecule has 2 aromatic carbocycles. The van der Waals surface area contributed by atoms with Gasteiger partial charge in [0.25, 0.3) is 0 Å². The van der Waals surface area contributed by atoms with Crippen molar-refractivity contribution in [2.45, 2.75) is 18.2 Å². The van der Waals surface area contributed by atoms with Crippen LogP contribution in [0.5, 0.6) is 5.75 Å². The standard InChI is InChI=1S/C18H15Cl3N2O3S/c1-10-2-5-13-15(21)9-16(18(24)17(13)23-10)27(25,26)22-7-6-11-3-4-12(19)8-14(11)20/h2-5,8-9,22,24H,6-7H2,1H3. The summed E-state index contributed by atoms with van der Waals surface area (Å²) in [4.78, 5) is 3.88. The molecule has 0 spiro atoms. The van der Waals surface area contributed by atoms with E-state index in [1.807, 2.05) is 0 Å². The number of halogens is 3. The molecule has 142 valence electrons. The molecule has 0 amide bonds. The molecule has 0 unspecified atom stereocenters.